The van der Waals surface area contributed by atoms with Crippen LogP contribution in [0.15, 0.2) is 54.6 Å². The number of halogens is 3. The molecule has 0 radical (unpaired) electrons. The Bertz CT molecular complexity index is 1470. The van der Waals surface area contributed by atoms with Crippen LogP contribution in [0, 0.1) is 12.3 Å². The molecule has 5 amide bonds. The number of aromatic nitrogens is 1. The predicted octanol–water partition coefficient (Wildman–Crippen LogP) is 3.92. The van der Waals surface area contributed by atoms with E-state index >= 15 is 0 Å². The number of rotatable bonds is 5. The van der Waals surface area contributed by atoms with Gasteiger partial charge in [-0.25, -0.2) is 4.79 Å². The van der Waals surface area contributed by atoms with Crippen molar-refractivity contribution in [2.24, 2.45) is 5.41 Å². The average molecular weight is 540 g/mol. The van der Waals surface area contributed by atoms with E-state index in [-0.39, 0.29) is 31.6 Å². The minimum Gasteiger partial charge on any atom is -0.489 e. The first kappa shape index (κ1) is 26.1. The van der Waals surface area contributed by atoms with Gasteiger partial charge in [0.25, 0.3) is 0 Å². The first-order valence-corrected chi connectivity index (χ1v) is 12.1. The van der Waals surface area contributed by atoms with Gasteiger partial charge in [-0.1, -0.05) is 18.2 Å². The van der Waals surface area contributed by atoms with Gasteiger partial charge in [0.1, 0.15) is 17.8 Å². The van der Waals surface area contributed by atoms with E-state index in [4.69, 9.17) is 4.74 Å². The number of aryl methyl sites for hydroxylation is 1. The second-order valence-corrected chi connectivity index (χ2v) is 9.61. The predicted molar refractivity (Wildman–Crippen MR) is 133 cm³/mol. The standard InChI is InChI=1S/C27H23F3N4O5/c1-15-12-16(20-4-2-3-5-21(20)31-15)14-39-19-8-6-17(7-9-19)34(24(37)27(28,29)30)18-10-11-26(13-18)22(35)32-25(38)33-23(26)36/h2-9,12,18H,10-11,13-14H2,1H3,(H2,32,33,35,36,38)/t18-/m1/s1. The van der Waals surface area contributed by atoms with Crippen molar-refractivity contribution in [3.63, 3.8) is 0 Å². The molecular formula is C27H23F3N4O5. The number of pyridine rings is 1. The van der Waals surface area contributed by atoms with Gasteiger partial charge in [0, 0.05) is 28.4 Å². The molecule has 2 heterocycles. The summed E-state index contributed by atoms with van der Waals surface area (Å²) in [6, 6.07) is 12.9. The molecule has 1 spiro atoms. The third kappa shape index (κ3) is 4.89. The van der Waals surface area contributed by atoms with Crippen molar-refractivity contribution in [2.45, 2.75) is 45.0 Å². The zero-order valence-electron chi connectivity index (χ0n) is 20.7. The van der Waals surface area contributed by atoms with Crippen molar-refractivity contribution in [2.75, 3.05) is 4.90 Å². The van der Waals surface area contributed by atoms with Crippen molar-refractivity contribution in [3.05, 3.63) is 65.9 Å². The molecule has 3 aromatic rings. The lowest BCUT2D eigenvalue weighted by Crippen LogP contribution is -2.62. The van der Waals surface area contributed by atoms with E-state index < -0.39 is 41.4 Å². The Morgan fingerprint density at radius 1 is 1.08 bits per heavy atom. The molecule has 1 aliphatic carbocycles. The fourth-order valence-electron chi connectivity index (χ4n) is 5.24. The number of barbiturate groups is 1. The highest BCUT2D eigenvalue weighted by molar-refractivity contribution is 6.19. The molecule has 1 aliphatic heterocycles. The summed E-state index contributed by atoms with van der Waals surface area (Å²) in [6.45, 7) is 2.05. The van der Waals surface area contributed by atoms with E-state index in [1.165, 1.54) is 24.3 Å². The summed E-state index contributed by atoms with van der Waals surface area (Å²) in [6.07, 6.45) is -5.74. The quantitative estimate of drug-likeness (QED) is 0.474. The zero-order valence-corrected chi connectivity index (χ0v) is 20.7. The van der Waals surface area contributed by atoms with Gasteiger partial charge in [0.15, 0.2) is 0 Å². The van der Waals surface area contributed by atoms with Crippen LogP contribution in [0.25, 0.3) is 10.9 Å². The lowest BCUT2D eigenvalue weighted by atomic mass is 9.82. The van der Waals surface area contributed by atoms with Crippen LogP contribution >= 0.6 is 0 Å². The van der Waals surface area contributed by atoms with Gasteiger partial charge in [-0.05, 0) is 62.6 Å². The van der Waals surface area contributed by atoms with Crippen LogP contribution in [0.4, 0.5) is 23.7 Å². The van der Waals surface area contributed by atoms with Crippen molar-refractivity contribution in [1.29, 1.82) is 0 Å². The largest absolute Gasteiger partial charge is 0.489 e. The number of alkyl halides is 3. The highest BCUT2D eigenvalue weighted by atomic mass is 19.4. The van der Waals surface area contributed by atoms with Gasteiger partial charge >= 0.3 is 18.1 Å². The zero-order chi connectivity index (χ0) is 27.9. The maximum absolute atomic E-state index is 13.6. The average Bonchev–Trinajstić information content (AvgIpc) is 3.32. The number of imide groups is 2. The SMILES string of the molecule is Cc1cc(COc2ccc(N(C(=O)C(F)(F)F)[C@@H]3CCC4(C3)C(=O)NC(=O)NC4=O)cc2)c2ccccc2n1. The lowest BCUT2D eigenvalue weighted by molar-refractivity contribution is -0.171. The fraction of sp³-hybridized carbons (Fsp3) is 0.296. The molecule has 0 unspecified atom stereocenters. The Labute approximate surface area is 220 Å². The van der Waals surface area contributed by atoms with Crippen LogP contribution in [0.3, 0.4) is 0 Å². The van der Waals surface area contributed by atoms with Crippen LogP contribution < -0.4 is 20.3 Å². The van der Waals surface area contributed by atoms with Crippen molar-refractivity contribution in [1.82, 2.24) is 15.6 Å². The highest BCUT2D eigenvalue weighted by Crippen LogP contribution is 2.44. The van der Waals surface area contributed by atoms with Crippen LogP contribution in [0.5, 0.6) is 5.75 Å². The van der Waals surface area contributed by atoms with Crippen LogP contribution in [-0.2, 0) is 21.0 Å². The topological polar surface area (TPSA) is 118 Å². The molecule has 5 rings (SSSR count). The van der Waals surface area contributed by atoms with E-state index in [1.54, 1.807) is 0 Å². The Kier molecular flexibility index (Phi) is 6.49. The maximum atomic E-state index is 13.6. The third-order valence-electron chi connectivity index (χ3n) is 7.08. The summed E-state index contributed by atoms with van der Waals surface area (Å²) < 4.78 is 46.7. The van der Waals surface area contributed by atoms with Gasteiger partial charge in [-0.3, -0.25) is 30.0 Å². The Morgan fingerprint density at radius 3 is 2.41 bits per heavy atom. The molecule has 12 heteroatoms. The molecule has 2 aromatic carbocycles. The number of anilines is 1. The molecule has 2 aliphatic rings. The second kappa shape index (κ2) is 9.68. The van der Waals surface area contributed by atoms with E-state index in [2.05, 4.69) is 4.98 Å². The number of hydrogen-bond donors (Lipinski definition) is 2. The summed E-state index contributed by atoms with van der Waals surface area (Å²) in [5, 5.41) is 4.90. The first-order chi connectivity index (χ1) is 18.5. The number of nitrogens with one attached hydrogen (secondary N) is 2. The number of hydrogen-bond acceptors (Lipinski definition) is 6. The van der Waals surface area contributed by atoms with Crippen LogP contribution in [0.2, 0.25) is 0 Å². The van der Waals surface area contributed by atoms with Crippen molar-refractivity contribution in [3.8, 4) is 5.75 Å². The number of amides is 5. The molecule has 39 heavy (non-hydrogen) atoms. The Morgan fingerprint density at radius 2 is 1.74 bits per heavy atom. The normalized spacial score (nSPS) is 18.7. The molecule has 1 aromatic heterocycles. The number of para-hydroxylation sites is 1. The van der Waals surface area contributed by atoms with Crippen LogP contribution in [0.1, 0.15) is 30.5 Å². The van der Waals surface area contributed by atoms with E-state index in [9.17, 15) is 32.3 Å². The van der Waals surface area contributed by atoms with Gasteiger partial charge in [0.05, 0.1) is 5.52 Å². The smallest absolute Gasteiger partial charge is 0.471 e. The molecule has 1 saturated heterocycles. The molecule has 0 bridgehead atoms. The lowest BCUT2D eigenvalue weighted by Gasteiger charge is -2.33. The fourth-order valence-corrected chi connectivity index (χ4v) is 5.24. The number of benzene rings is 2. The first-order valence-electron chi connectivity index (χ1n) is 12.1. The molecular weight excluding hydrogens is 517 g/mol. The summed E-state index contributed by atoms with van der Waals surface area (Å²) in [5.41, 5.74) is 0.700. The van der Waals surface area contributed by atoms with E-state index in [0.29, 0.717) is 10.6 Å². The second-order valence-electron chi connectivity index (χ2n) is 9.61. The van der Waals surface area contributed by atoms with Crippen LogP contribution in [-0.4, -0.2) is 41.0 Å². The van der Waals surface area contributed by atoms with Crippen molar-refractivity contribution >= 4 is 40.3 Å². The summed E-state index contributed by atoms with van der Waals surface area (Å²) in [7, 11) is 0. The number of carbonyl (C=O) groups excluding carboxylic acids is 4. The van der Waals surface area contributed by atoms with Crippen molar-refractivity contribution < 1.29 is 37.1 Å². The number of nitrogens with zero attached hydrogens (tertiary/aromatic N) is 2. The number of ether oxygens (including phenoxy) is 1. The maximum Gasteiger partial charge on any atom is 0.471 e. The minimum absolute atomic E-state index is 0.0520. The Balaban J connectivity index is 1.38. The summed E-state index contributed by atoms with van der Waals surface area (Å²) in [5.74, 6) is -3.53. The molecule has 202 valence electrons. The molecule has 1 atom stereocenters. The third-order valence-corrected chi connectivity index (χ3v) is 7.08. The van der Waals surface area contributed by atoms with Gasteiger partial charge in [0.2, 0.25) is 11.8 Å². The van der Waals surface area contributed by atoms with E-state index in [1.807, 2.05) is 47.9 Å². The number of fused-ring (bicyclic) bond motifs is 1. The molecule has 1 saturated carbocycles. The van der Waals surface area contributed by atoms with E-state index in [0.717, 1.165) is 22.2 Å². The molecule has 9 nitrogen and oxygen atoms in total. The minimum atomic E-state index is -5.20. The monoisotopic (exact) mass is 540 g/mol. The Hall–Kier alpha value is -4.48. The van der Waals surface area contributed by atoms with Gasteiger partial charge < -0.3 is 9.64 Å². The highest BCUT2D eigenvalue weighted by Gasteiger charge is 2.57. The summed E-state index contributed by atoms with van der Waals surface area (Å²) >= 11 is 0. The molecule has 2 N–H and O–H groups in total. The number of carbonyl (C=O) groups is 4. The van der Waals surface area contributed by atoms with Gasteiger partial charge in [-0.2, -0.15) is 13.2 Å². The summed E-state index contributed by atoms with van der Waals surface area (Å²) in [4.78, 5) is 54.0. The number of urea groups is 1. The van der Waals surface area contributed by atoms with Gasteiger partial charge in [-0.15, -0.1) is 0 Å². The molecule has 2 fully saturated rings.